The van der Waals surface area contributed by atoms with E-state index in [1.807, 2.05) is 0 Å². The molecule has 0 saturated heterocycles. The normalized spacial score (nSPS) is 14.6. The molecule has 0 radical (unpaired) electrons. The minimum atomic E-state index is -1.77. The van der Waals surface area contributed by atoms with Crippen molar-refractivity contribution in [2.45, 2.75) is 70.8 Å². The zero-order valence-corrected chi connectivity index (χ0v) is 14.0. The monoisotopic (exact) mass is 284 g/mol. The van der Waals surface area contributed by atoms with Crippen molar-refractivity contribution in [1.29, 1.82) is 0 Å². The first-order chi connectivity index (χ1) is 8.68. The van der Waals surface area contributed by atoms with E-state index in [2.05, 4.69) is 33.1 Å². The van der Waals surface area contributed by atoms with E-state index in [9.17, 15) is 9.59 Å². The number of rotatable bonds is 9. The van der Waals surface area contributed by atoms with E-state index in [0.717, 1.165) is 25.7 Å². The fourth-order valence-corrected chi connectivity index (χ4v) is 4.07. The van der Waals surface area contributed by atoms with Crippen molar-refractivity contribution in [2.24, 2.45) is 0 Å². The van der Waals surface area contributed by atoms with Crippen LogP contribution in [0, 0.1) is 0 Å². The van der Waals surface area contributed by atoms with Crippen molar-refractivity contribution < 1.29 is 14.3 Å². The number of carbonyl (C=O) groups excluding carboxylic acids is 2. The standard InChI is InChI=1S/C15H28O3Si/c1-7-9-10-11-15(8-2,19(4,5)6)18-14(17)12-13(3)16/h8H,2,7,9-12H2,1,3-6H3. The highest BCUT2D eigenvalue weighted by atomic mass is 28.3. The molecule has 0 heterocycles. The largest absolute Gasteiger partial charge is 0.459 e. The van der Waals surface area contributed by atoms with Gasteiger partial charge in [0.2, 0.25) is 0 Å². The summed E-state index contributed by atoms with van der Waals surface area (Å²) in [5, 5.41) is -0.561. The van der Waals surface area contributed by atoms with Gasteiger partial charge in [0, 0.05) is 0 Å². The summed E-state index contributed by atoms with van der Waals surface area (Å²) >= 11 is 0. The number of Topliss-reactive ketones (excluding diaryl/α,β-unsaturated/α-hetero) is 1. The van der Waals surface area contributed by atoms with Crippen LogP contribution in [-0.4, -0.2) is 25.1 Å². The maximum atomic E-state index is 11.8. The Hall–Kier alpha value is -0.903. The average Bonchev–Trinajstić information content (AvgIpc) is 2.25. The third kappa shape index (κ3) is 5.72. The van der Waals surface area contributed by atoms with Crippen LogP contribution in [0.4, 0.5) is 0 Å². The van der Waals surface area contributed by atoms with E-state index < -0.39 is 19.3 Å². The highest BCUT2D eigenvalue weighted by Crippen LogP contribution is 2.32. The molecule has 0 rings (SSSR count). The van der Waals surface area contributed by atoms with E-state index in [1.54, 1.807) is 6.08 Å². The summed E-state index contributed by atoms with van der Waals surface area (Å²) in [6, 6.07) is 0. The molecular formula is C15H28O3Si. The molecule has 1 atom stereocenters. The lowest BCUT2D eigenvalue weighted by atomic mass is 10.1. The van der Waals surface area contributed by atoms with Crippen LogP contribution in [0.25, 0.3) is 0 Å². The fourth-order valence-electron chi connectivity index (χ4n) is 2.11. The Morgan fingerprint density at radius 2 is 1.84 bits per heavy atom. The minimum Gasteiger partial charge on any atom is -0.459 e. The Bertz CT molecular complexity index is 331. The number of hydrogen-bond donors (Lipinski definition) is 0. The first-order valence-electron chi connectivity index (χ1n) is 7.03. The predicted molar refractivity (Wildman–Crippen MR) is 81.8 cm³/mol. The van der Waals surface area contributed by atoms with Gasteiger partial charge < -0.3 is 4.74 Å². The lowest BCUT2D eigenvalue weighted by Crippen LogP contribution is -2.54. The van der Waals surface area contributed by atoms with E-state index in [-0.39, 0.29) is 12.2 Å². The number of hydrogen-bond acceptors (Lipinski definition) is 3. The Balaban J connectivity index is 4.97. The van der Waals surface area contributed by atoms with Gasteiger partial charge in [-0.15, -0.1) is 0 Å². The van der Waals surface area contributed by atoms with E-state index in [0.29, 0.717) is 0 Å². The zero-order valence-electron chi connectivity index (χ0n) is 13.0. The molecule has 0 bridgehead atoms. The van der Waals surface area contributed by atoms with Gasteiger partial charge in [-0.25, -0.2) is 0 Å². The summed E-state index contributed by atoms with van der Waals surface area (Å²) in [4.78, 5) is 22.9. The molecular weight excluding hydrogens is 256 g/mol. The quantitative estimate of drug-likeness (QED) is 0.212. The second kappa shape index (κ2) is 7.63. The van der Waals surface area contributed by atoms with E-state index in [1.165, 1.54) is 6.92 Å². The van der Waals surface area contributed by atoms with Crippen LogP contribution in [0.5, 0.6) is 0 Å². The lowest BCUT2D eigenvalue weighted by Gasteiger charge is -2.40. The minimum absolute atomic E-state index is 0.145. The van der Waals surface area contributed by atoms with Crippen LogP contribution >= 0.6 is 0 Å². The highest BCUT2D eigenvalue weighted by Gasteiger charge is 2.44. The molecule has 3 nitrogen and oxygen atoms in total. The summed E-state index contributed by atoms with van der Waals surface area (Å²) < 4.78 is 5.69. The summed E-state index contributed by atoms with van der Waals surface area (Å²) in [7, 11) is -1.77. The molecule has 110 valence electrons. The SMILES string of the molecule is C=CC(CCCCC)(OC(=O)CC(C)=O)[Si](C)(C)C. The number of ketones is 1. The Labute approximate surface area is 118 Å². The third-order valence-corrected chi connectivity index (χ3v) is 6.54. The lowest BCUT2D eigenvalue weighted by molar-refractivity contribution is -0.152. The summed E-state index contributed by atoms with van der Waals surface area (Å²) in [5.41, 5.74) is 0. The van der Waals surface area contributed by atoms with Crippen LogP contribution in [0.2, 0.25) is 19.6 Å². The summed E-state index contributed by atoms with van der Waals surface area (Å²) in [5.74, 6) is -0.585. The van der Waals surface area contributed by atoms with Crippen LogP contribution in [-0.2, 0) is 14.3 Å². The van der Waals surface area contributed by atoms with Gasteiger partial charge in [0.25, 0.3) is 0 Å². The first kappa shape index (κ1) is 18.1. The molecule has 0 aromatic rings. The fraction of sp³-hybridized carbons (Fsp3) is 0.733. The van der Waals surface area contributed by atoms with Gasteiger partial charge in [0.05, 0.1) is 0 Å². The predicted octanol–water partition coefficient (Wildman–Crippen LogP) is 3.89. The molecule has 0 aliphatic carbocycles. The van der Waals surface area contributed by atoms with Gasteiger partial charge in [0.15, 0.2) is 0 Å². The van der Waals surface area contributed by atoms with E-state index >= 15 is 0 Å². The third-order valence-electron chi connectivity index (χ3n) is 3.44. The second-order valence-corrected chi connectivity index (χ2v) is 11.5. The number of ether oxygens (including phenoxy) is 1. The maximum absolute atomic E-state index is 11.8. The molecule has 0 aliphatic heterocycles. The zero-order chi connectivity index (χ0) is 15.1. The van der Waals surface area contributed by atoms with Crippen LogP contribution in [0.3, 0.4) is 0 Å². The van der Waals surface area contributed by atoms with Gasteiger partial charge in [0.1, 0.15) is 25.5 Å². The number of unbranched alkanes of at least 4 members (excludes halogenated alkanes) is 2. The number of carbonyl (C=O) groups is 2. The molecule has 0 aromatic heterocycles. The molecule has 0 spiro atoms. The van der Waals surface area contributed by atoms with Gasteiger partial charge in [-0.3, -0.25) is 9.59 Å². The molecule has 0 fully saturated rings. The molecule has 4 heteroatoms. The maximum Gasteiger partial charge on any atom is 0.313 e. The topological polar surface area (TPSA) is 43.4 Å². The number of esters is 1. The van der Waals surface area contributed by atoms with Gasteiger partial charge >= 0.3 is 5.97 Å². The van der Waals surface area contributed by atoms with Crippen molar-refractivity contribution in [2.75, 3.05) is 0 Å². The molecule has 0 saturated carbocycles. The van der Waals surface area contributed by atoms with E-state index in [4.69, 9.17) is 4.74 Å². The van der Waals surface area contributed by atoms with Crippen molar-refractivity contribution in [3.63, 3.8) is 0 Å². The van der Waals surface area contributed by atoms with Crippen molar-refractivity contribution in [3.8, 4) is 0 Å². The molecule has 1 unspecified atom stereocenters. The molecule has 19 heavy (non-hydrogen) atoms. The van der Waals surface area contributed by atoms with Gasteiger partial charge in [-0.1, -0.05) is 52.1 Å². The Morgan fingerprint density at radius 3 is 2.21 bits per heavy atom. The van der Waals surface area contributed by atoms with Crippen molar-refractivity contribution in [3.05, 3.63) is 12.7 Å². The van der Waals surface area contributed by atoms with Crippen LogP contribution in [0.15, 0.2) is 12.7 Å². The first-order valence-corrected chi connectivity index (χ1v) is 10.5. The molecule has 0 N–H and O–H groups in total. The van der Waals surface area contributed by atoms with Crippen molar-refractivity contribution in [1.82, 2.24) is 0 Å². The second-order valence-electron chi connectivity index (χ2n) is 6.15. The Kier molecular flexibility index (Phi) is 7.27. The molecule has 0 aliphatic rings. The molecule has 0 aromatic carbocycles. The summed E-state index contributed by atoms with van der Waals surface area (Å²) in [6.07, 6.45) is 5.70. The smallest absolute Gasteiger partial charge is 0.313 e. The molecule has 0 amide bonds. The average molecular weight is 284 g/mol. The van der Waals surface area contributed by atoms with Crippen LogP contribution < -0.4 is 0 Å². The summed E-state index contributed by atoms with van der Waals surface area (Å²) in [6.45, 7) is 13.9. The van der Waals surface area contributed by atoms with Crippen LogP contribution in [0.1, 0.15) is 46.0 Å². The van der Waals surface area contributed by atoms with Gasteiger partial charge in [-0.2, -0.15) is 0 Å². The van der Waals surface area contributed by atoms with Gasteiger partial charge in [-0.05, 0) is 19.8 Å². The Morgan fingerprint density at radius 1 is 1.26 bits per heavy atom. The highest BCUT2D eigenvalue weighted by molar-refractivity contribution is 6.79. The van der Waals surface area contributed by atoms with Crippen molar-refractivity contribution >= 4 is 19.8 Å².